The molecule has 10 nitrogen and oxygen atoms in total. The SMILES string of the molecule is O=[N+]([O-])C(COCCBr)([N+](=O)[O-])[N+](=O)[O-]. The summed E-state index contributed by atoms with van der Waals surface area (Å²) < 4.78 is 4.46. The van der Waals surface area contributed by atoms with E-state index in [2.05, 4.69) is 20.7 Å². The fourth-order valence-corrected chi connectivity index (χ4v) is 0.851. The lowest BCUT2D eigenvalue weighted by atomic mass is 10.4. The van der Waals surface area contributed by atoms with Crippen molar-refractivity contribution in [2.45, 2.75) is 5.79 Å². The molecule has 11 heteroatoms. The highest BCUT2D eigenvalue weighted by Gasteiger charge is 2.70. The van der Waals surface area contributed by atoms with Gasteiger partial charge in [0.15, 0.2) is 14.8 Å². The Kier molecular flexibility index (Phi) is 5.00. The highest BCUT2D eigenvalue weighted by atomic mass is 79.9. The van der Waals surface area contributed by atoms with Gasteiger partial charge >= 0.3 is 5.79 Å². The molecule has 0 spiro atoms. The highest BCUT2D eigenvalue weighted by molar-refractivity contribution is 9.09. The largest absolute Gasteiger partial charge is 0.723 e. The first kappa shape index (κ1) is 13.6. The fourth-order valence-electron chi connectivity index (χ4n) is 0.622. The molecule has 0 aromatic carbocycles. The van der Waals surface area contributed by atoms with Crippen LogP contribution in [0, 0.1) is 30.3 Å². The number of hydrogen-bond donors (Lipinski definition) is 0. The maximum atomic E-state index is 10.3. The van der Waals surface area contributed by atoms with Crippen LogP contribution in [0.15, 0.2) is 0 Å². The Bertz CT molecular complexity index is 245. The molecule has 0 aliphatic rings. The standard InChI is InChI=1S/C4H6BrN3O7/c5-1-2-15-3-4(6(9)10,7(11)12)8(13)14/h1-3H2. The van der Waals surface area contributed by atoms with Crippen molar-refractivity contribution in [2.75, 3.05) is 18.5 Å². The van der Waals surface area contributed by atoms with Crippen LogP contribution in [0.4, 0.5) is 0 Å². The lowest BCUT2D eigenvalue weighted by molar-refractivity contribution is -0.970. The molecule has 0 atom stereocenters. The number of rotatable bonds is 7. The molecule has 0 aliphatic heterocycles. The molecule has 0 saturated carbocycles. The van der Waals surface area contributed by atoms with Crippen molar-refractivity contribution in [3.8, 4) is 0 Å². The van der Waals surface area contributed by atoms with Crippen molar-refractivity contribution in [1.29, 1.82) is 0 Å². The molecule has 0 fully saturated rings. The monoisotopic (exact) mass is 287 g/mol. The lowest BCUT2D eigenvalue weighted by Gasteiger charge is -2.08. The van der Waals surface area contributed by atoms with Crippen molar-refractivity contribution in [3.63, 3.8) is 0 Å². The maximum absolute atomic E-state index is 10.3. The van der Waals surface area contributed by atoms with Crippen molar-refractivity contribution in [3.05, 3.63) is 30.3 Å². The Hall–Kier alpha value is -1.36. The highest BCUT2D eigenvalue weighted by Crippen LogP contribution is 2.12. The van der Waals surface area contributed by atoms with E-state index in [-0.39, 0.29) is 11.9 Å². The Morgan fingerprint density at radius 2 is 1.47 bits per heavy atom. The molecule has 0 radical (unpaired) electrons. The fraction of sp³-hybridized carbons (Fsp3) is 1.00. The van der Waals surface area contributed by atoms with E-state index in [4.69, 9.17) is 0 Å². The zero-order valence-corrected chi connectivity index (χ0v) is 8.78. The molecule has 0 rings (SSSR count). The van der Waals surface area contributed by atoms with Gasteiger partial charge in [0.05, 0.1) is 6.61 Å². The van der Waals surface area contributed by atoms with Gasteiger partial charge in [-0.05, 0) is 0 Å². The third kappa shape index (κ3) is 2.79. The Labute approximate surface area is 90.8 Å². The van der Waals surface area contributed by atoms with E-state index in [1.165, 1.54) is 0 Å². The predicted molar refractivity (Wildman–Crippen MR) is 48.3 cm³/mol. The first-order chi connectivity index (χ1) is 6.89. The smallest absolute Gasteiger partial charge is 0.359 e. The first-order valence-corrected chi connectivity index (χ1v) is 4.59. The van der Waals surface area contributed by atoms with Crippen molar-refractivity contribution in [2.24, 2.45) is 0 Å². The summed E-state index contributed by atoms with van der Waals surface area (Å²) in [5.41, 5.74) is 0. The number of halogens is 1. The van der Waals surface area contributed by atoms with Crippen LogP contribution in [-0.4, -0.2) is 39.1 Å². The Balaban J connectivity index is 4.90. The van der Waals surface area contributed by atoms with Gasteiger partial charge in [-0.25, -0.2) is 0 Å². The molecule has 15 heavy (non-hydrogen) atoms. The molecule has 0 aromatic heterocycles. The molecular formula is C4H6BrN3O7. The maximum Gasteiger partial charge on any atom is 0.723 e. The van der Waals surface area contributed by atoms with Gasteiger partial charge in [-0.1, -0.05) is 15.9 Å². The van der Waals surface area contributed by atoms with Gasteiger partial charge in [0.1, 0.15) is 0 Å². The van der Waals surface area contributed by atoms with Crippen molar-refractivity contribution in [1.82, 2.24) is 0 Å². The van der Waals surface area contributed by atoms with E-state index < -0.39 is 27.2 Å². The van der Waals surface area contributed by atoms with Crippen LogP contribution in [-0.2, 0) is 4.74 Å². The van der Waals surface area contributed by atoms with Crippen LogP contribution in [0.5, 0.6) is 0 Å². The van der Waals surface area contributed by atoms with Gasteiger partial charge in [-0.2, -0.15) is 0 Å². The predicted octanol–water partition coefficient (Wildman–Crippen LogP) is -0.118. The molecule has 86 valence electrons. The quantitative estimate of drug-likeness (QED) is 0.209. The van der Waals surface area contributed by atoms with Crippen molar-refractivity contribution < 1.29 is 19.5 Å². The summed E-state index contributed by atoms with van der Waals surface area (Å²) in [4.78, 5) is 26.2. The number of nitro groups is 3. The van der Waals surface area contributed by atoms with Crippen LogP contribution < -0.4 is 0 Å². The second kappa shape index (κ2) is 5.50. The van der Waals surface area contributed by atoms with E-state index in [1.807, 2.05) is 0 Å². The summed E-state index contributed by atoms with van der Waals surface area (Å²) >= 11 is 2.89. The summed E-state index contributed by atoms with van der Waals surface area (Å²) in [6.45, 7) is -1.32. The molecule has 0 heterocycles. The van der Waals surface area contributed by atoms with Crippen molar-refractivity contribution >= 4 is 15.9 Å². The topological polar surface area (TPSA) is 139 Å². The zero-order valence-electron chi connectivity index (χ0n) is 7.20. The minimum Gasteiger partial charge on any atom is -0.359 e. The second-order valence-corrected chi connectivity index (χ2v) is 3.08. The van der Waals surface area contributed by atoms with Crippen LogP contribution in [0.3, 0.4) is 0 Å². The minimum absolute atomic E-state index is 0.0999. The van der Waals surface area contributed by atoms with E-state index in [0.717, 1.165) is 0 Å². The molecule has 0 unspecified atom stereocenters. The average molecular weight is 288 g/mol. The summed E-state index contributed by atoms with van der Waals surface area (Å²) in [7, 11) is 0. The normalized spacial score (nSPS) is 11.0. The summed E-state index contributed by atoms with van der Waals surface area (Å²) in [6.07, 6.45) is 0. The number of nitrogens with zero attached hydrogens (tertiary/aromatic N) is 3. The molecule has 0 bridgehead atoms. The molecule has 0 N–H and O–H groups in total. The molecule has 0 saturated heterocycles. The van der Waals surface area contributed by atoms with Gasteiger partial charge in [-0.3, -0.25) is 30.3 Å². The molecular weight excluding hydrogens is 282 g/mol. The van der Waals surface area contributed by atoms with Gasteiger partial charge in [0, 0.05) is 5.33 Å². The van der Waals surface area contributed by atoms with E-state index in [1.54, 1.807) is 0 Å². The third-order valence-corrected chi connectivity index (χ3v) is 1.72. The van der Waals surface area contributed by atoms with E-state index in [9.17, 15) is 30.3 Å². The number of alkyl halides is 1. The third-order valence-electron chi connectivity index (χ3n) is 1.39. The van der Waals surface area contributed by atoms with E-state index in [0.29, 0.717) is 0 Å². The van der Waals surface area contributed by atoms with Crippen LogP contribution in [0.2, 0.25) is 0 Å². The number of ether oxygens (including phenoxy) is 1. The first-order valence-electron chi connectivity index (χ1n) is 3.46. The Morgan fingerprint density at radius 1 is 1.07 bits per heavy atom. The van der Waals surface area contributed by atoms with Gasteiger partial charge < -0.3 is 4.74 Å². The Morgan fingerprint density at radius 3 is 1.73 bits per heavy atom. The van der Waals surface area contributed by atoms with Crippen LogP contribution in [0.25, 0.3) is 0 Å². The molecule has 0 aliphatic carbocycles. The number of hydrogen-bond acceptors (Lipinski definition) is 7. The van der Waals surface area contributed by atoms with Gasteiger partial charge in [0.25, 0.3) is 6.61 Å². The van der Waals surface area contributed by atoms with E-state index >= 15 is 0 Å². The summed E-state index contributed by atoms with van der Waals surface area (Å²) in [5, 5.41) is 31.2. The van der Waals surface area contributed by atoms with Crippen LogP contribution >= 0.6 is 15.9 Å². The lowest BCUT2D eigenvalue weighted by Crippen LogP contribution is -2.56. The summed E-state index contributed by atoms with van der Waals surface area (Å²) in [5.74, 6) is -3.53. The van der Waals surface area contributed by atoms with Gasteiger partial charge in [0.2, 0.25) is 0 Å². The second-order valence-electron chi connectivity index (χ2n) is 2.29. The summed E-state index contributed by atoms with van der Waals surface area (Å²) in [6, 6.07) is 0. The molecule has 0 aromatic rings. The molecule has 0 amide bonds. The average Bonchev–Trinajstić information content (AvgIpc) is 2.10. The van der Waals surface area contributed by atoms with Gasteiger partial charge in [-0.15, -0.1) is 0 Å². The van der Waals surface area contributed by atoms with Crippen LogP contribution in [0.1, 0.15) is 0 Å². The zero-order chi connectivity index (χ0) is 12.1. The minimum atomic E-state index is -3.53.